The lowest BCUT2D eigenvalue weighted by molar-refractivity contribution is -0.110. The molecule has 0 aliphatic heterocycles. The van der Waals surface area contributed by atoms with E-state index in [0.29, 0.717) is 45.6 Å². The van der Waals surface area contributed by atoms with Gasteiger partial charge in [0.05, 0.1) is 54.7 Å². The smallest absolute Gasteiger partial charge is 0.203 e. The second-order valence-electron chi connectivity index (χ2n) is 7.18. The van der Waals surface area contributed by atoms with Gasteiger partial charge < -0.3 is 28.4 Å². The fraction of sp³-hybridized carbons (Fsp3) is 0.320. The summed E-state index contributed by atoms with van der Waals surface area (Å²) in [5.74, 6) is 2.04. The summed E-state index contributed by atoms with van der Waals surface area (Å²) >= 11 is 0. The van der Waals surface area contributed by atoms with Crippen molar-refractivity contribution in [1.29, 1.82) is 0 Å². The maximum atomic E-state index is 12.5. The molecule has 0 heterocycles. The Bertz CT molecular complexity index is 1120. The number of carbonyl (C=O) groups is 1. The van der Waals surface area contributed by atoms with Crippen LogP contribution in [0.5, 0.6) is 34.5 Å². The van der Waals surface area contributed by atoms with Crippen molar-refractivity contribution in [1.82, 2.24) is 0 Å². The molecule has 0 bridgehead atoms. The molecule has 0 saturated heterocycles. The van der Waals surface area contributed by atoms with Gasteiger partial charge in [0.25, 0.3) is 0 Å². The summed E-state index contributed by atoms with van der Waals surface area (Å²) in [5, 5.41) is 6.86. The van der Waals surface area contributed by atoms with Gasteiger partial charge in [0.2, 0.25) is 11.5 Å². The molecule has 200 valence electrons. The number of methoxy groups -OCH3 is 4. The Morgan fingerprint density at radius 1 is 0.711 bits per heavy atom. The number of benzene rings is 2. The molecule has 0 atom stereocenters. The van der Waals surface area contributed by atoms with Crippen LogP contribution in [0, 0.1) is 0 Å². The number of azide groups is 2. The molecule has 0 radical (unpaired) electrons. The van der Waals surface area contributed by atoms with Gasteiger partial charge in [-0.25, -0.2) is 0 Å². The van der Waals surface area contributed by atoms with Crippen LogP contribution in [-0.2, 0) is 4.79 Å². The topological polar surface area (TPSA) is 170 Å². The van der Waals surface area contributed by atoms with E-state index in [0.717, 1.165) is 0 Å². The first-order chi connectivity index (χ1) is 18.5. The summed E-state index contributed by atoms with van der Waals surface area (Å²) < 4.78 is 32.8. The third kappa shape index (κ3) is 8.59. The Kier molecular flexibility index (Phi) is 12.2. The zero-order valence-corrected chi connectivity index (χ0v) is 21.5. The number of ketones is 1. The normalized spacial score (nSPS) is 10.4. The number of carbonyl (C=O) groups excluding carboxylic acids is 1. The Morgan fingerprint density at radius 2 is 1.05 bits per heavy atom. The monoisotopic (exact) mass is 524 g/mol. The number of hydrogen-bond donors (Lipinski definition) is 0. The van der Waals surface area contributed by atoms with Gasteiger partial charge in [0.15, 0.2) is 28.8 Å². The maximum Gasteiger partial charge on any atom is 0.203 e. The maximum absolute atomic E-state index is 12.5. The van der Waals surface area contributed by atoms with Gasteiger partial charge in [-0.1, -0.05) is 22.4 Å². The van der Waals surface area contributed by atoms with Gasteiger partial charge in [-0.15, -0.1) is 0 Å². The fourth-order valence-electron chi connectivity index (χ4n) is 3.16. The Balaban J connectivity index is 2.19. The van der Waals surface area contributed by atoms with Crippen molar-refractivity contribution in [3.05, 3.63) is 68.4 Å². The van der Waals surface area contributed by atoms with E-state index in [2.05, 4.69) is 20.1 Å². The van der Waals surface area contributed by atoms with E-state index in [1.165, 1.54) is 40.6 Å². The zero-order chi connectivity index (χ0) is 27.8. The molecule has 0 aromatic heterocycles. The Hall–Kier alpha value is -4.99. The van der Waals surface area contributed by atoms with Crippen molar-refractivity contribution in [3.63, 3.8) is 0 Å². The molecule has 0 spiro atoms. The summed E-state index contributed by atoms with van der Waals surface area (Å²) in [4.78, 5) is 17.9. The zero-order valence-electron chi connectivity index (χ0n) is 21.5. The number of allylic oxidation sites excluding steroid dienone is 2. The van der Waals surface area contributed by atoms with Crippen molar-refractivity contribution < 1.29 is 33.2 Å². The van der Waals surface area contributed by atoms with E-state index < -0.39 is 0 Å². The number of hydrogen-bond acceptors (Lipinski definition) is 9. The molecule has 2 aromatic rings. The second kappa shape index (κ2) is 15.9. The van der Waals surface area contributed by atoms with Crippen LogP contribution < -0.4 is 28.4 Å². The van der Waals surface area contributed by atoms with Crippen molar-refractivity contribution in [3.8, 4) is 34.5 Å². The molecule has 2 aromatic carbocycles. The van der Waals surface area contributed by atoms with Crippen molar-refractivity contribution in [2.24, 2.45) is 10.2 Å². The standard InChI is InChI=1S/C25H28N6O7/c1-33-20-13-17(14-21(34-2)24(20)37-11-9-28-30-26)5-7-19(32)8-6-18-15-22(35-3)25(23(16-18)36-4)38-12-10-29-31-27/h5-8,13-16H,9-12H2,1-4H3/b7-5+,8-6+. The van der Waals surface area contributed by atoms with Gasteiger partial charge in [0, 0.05) is 9.82 Å². The summed E-state index contributed by atoms with van der Waals surface area (Å²) in [6.45, 7) is 0.591. The average molecular weight is 525 g/mol. The Labute approximate surface area is 219 Å². The minimum atomic E-state index is -0.273. The summed E-state index contributed by atoms with van der Waals surface area (Å²) in [6.07, 6.45) is 6.02. The van der Waals surface area contributed by atoms with Gasteiger partial charge in [-0.2, -0.15) is 0 Å². The molecule has 0 amide bonds. The molecule has 0 aliphatic carbocycles. The number of ether oxygens (including phenoxy) is 6. The van der Waals surface area contributed by atoms with Crippen LogP contribution >= 0.6 is 0 Å². The molecular weight excluding hydrogens is 496 g/mol. The van der Waals surface area contributed by atoms with Gasteiger partial charge in [0.1, 0.15) is 0 Å². The largest absolute Gasteiger partial charge is 0.493 e. The average Bonchev–Trinajstić information content (AvgIpc) is 2.95. The van der Waals surface area contributed by atoms with E-state index in [1.807, 2.05) is 0 Å². The van der Waals surface area contributed by atoms with Gasteiger partial charge in [-0.3, -0.25) is 4.79 Å². The third-order valence-electron chi connectivity index (χ3n) is 4.85. The van der Waals surface area contributed by atoms with Crippen molar-refractivity contribution in [2.75, 3.05) is 54.7 Å². The second-order valence-corrected chi connectivity index (χ2v) is 7.18. The molecule has 0 unspecified atom stereocenters. The van der Waals surface area contributed by atoms with E-state index in [1.54, 1.807) is 36.4 Å². The molecule has 0 saturated carbocycles. The van der Waals surface area contributed by atoms with Gasteiger partial charge in [-0.05, 0) is 58.6 Å². The lowest BCUT2D eigenvalue weighted by Gasteiger charge is -2.15. The molecule has 13 heteroatoms. The highest BCUT2D eigenvalue weighted by molar-refractivity contribution is 6.04. The molecule has 2 rings (SSSR count). The third-order valence-corrected chi connectivity index (χ3v) is 4.85. The molecule has 0 fully saturated rings. The van der Waals surface area contributed by atoms with Crippen LogP contribution in [0.3, 0.4) is 0 Å². The quantitative estimate of drug-likeness (QED) is 0.0930. The van der Waals surface area contributed by atoms with Crippen LogP contribution in [0.25, 0.3) is 33.0 Å². The van der Waals surface area contributed by atoms with E-state index in [4.69, 9.17) is 39.5 Å². The van der Waals surface area contributed by atoms with E-state index in [9.17, 15) is 4.79 Å². The van der Waals surface area contributed by atoms with Crippen LogP contribution in [0.2, 0.25) is 0 Å². The van der Waals surface area contributed by atoms with E-state index in [-0.39, 0.29) is 32.1 Å². The molecular formula is C25H28N6O7. The highest BCUT2D eigenvalue weighted by atomic mass is 16.5. The predicted octanol–water partition coefficient (Wildman–Crippen LogP) is 5.39. The number of rotatable bonds is 16. The summed E-state index contributed by atoms with van der Waals surface area (Å²) in [7, 11) is 5.93. The lowest BCUT2D eigenvalue weighted by Crippen LogP contribution is -2.04. The minimum Gasteiger partial charge on any atom is -0.493 e. The predicted molar refractivity (Wildman–Crippen MR) is 141 cm³/mol. The van der Waals surface area contributed by atoms with Crippen LogP contribution in [0.15, 0.2) is 46.6 Å². The Morgan fingerprint density at radius 3 is 1.34 bits per heavy atom. The first-order valence-electron chi connectivity index (χ1n) is 11.2. The fourth-order valence-corrected chi connectivity index (χ4v) is 3.16. The van der Waals surface area contributed by atoms with Crippen LogP contribution in [0.4, 0.5) is 0 Å². The lowest BCUT2D eigenvalue weighted by atomic mass is 10.1. The minimum absolute atomic E-state index is 0.146. The van der Waals surface area contributed by atoms with Gasteiger partial charge >= 0.3 is 0 Å². The first-order valence-corrected chi connectivity index (χ1v) is 11.2. The first kappa shape index (κ1) is 29.2. The van der Waals surface area contributed by atoms with E-state index >= 15 is 0 Å². The highest BCUT2D eigenvalue weighted by Crippen LogP contribution is 2.40. The van der Waals surface area contributed by atoms with Crippen LogP contribution in [0.1, 0.15) is 11.1 Å². The molecule has 0 N–H and O–H groups in total. The van der Waals surface area contributed by atoms with Crippen molar-refractivity contribution >= 4 is 17.9 Å². The summed E-state index contributed by atoms with van der Waals surface area (Å²) in [5.41, 5.74) is 18.1. The molecule has 0 aliphatic rings. The SMILES string of the molecule is COc1cc(/C=C/C(=O)/C=C/c2cc(OC)c(OCCN=[N+]=[N-])c(OC)c2)cc(OC)c1OCCN=[N+]=[N-]. The van der Waals surface area contributed by atoms with Crippen molar-refractivity contribution in [2.45, 2.75) is 0 Å². The van der Waals surface area contributed by atoms with Crippen LogP contribution in [-0.4, -0.2) is 60.5 Å². The number of nitrogens with zero attached hydrogens (tertiary/aromatic N) is 6. The molecule has 38 heavy (non-hydrogen) atoms. The molecule has 13 nitrogen and oxygen atoms in total. The highest BCUT2D eigenvalue weighted by Gasteiger charge is 2.15. The summed E-state index contributed by atoms with van der Waals surface area (Å²) in [6, 6.07) is 6.76.